The first kappa shape index (κ1) is 7.95. The minimum atomic E-state index is -4.41. The Balaban J connectivity index is 3.05. The van der Waals surface area contributed by atoms with E-state index < -0.39 is 11.7 Å². The van der Waals surface area contributed by atoms with E-state index in [9.17, 15) is 13.2 Å². The van der Waals surface area contributed by atoms with Crippen molar-refractivity contribution in [2.75, 3.05) is 0 Å². The highest BCUT2D eigenvalue weighted by Crippen LogP contribution is 2.27. The Bertz CT molecular complexity index is 253. The van der Waals surface area contributed by atoms with Crippen molar-refractivity contribution in [1.82, 2.24) is 0 Å². The van der Waals surface area contributed by atoms with Crippen molar-refractivity contribution in [3.05, 3.63) is 29.2 Å². The third-order valence-electron chi connectivity index (χ3n) is 1.18. The highest BCUT2D eigenvalue weighted by atomic mass is 19.4. The van der Waals surface area contributed by atoms with Crippen LogP contribution in [0, 0.1) is 0 Å². The van der Waals surface area contributed by atoms with Gasteiger partial charge in [-0.3, -0.25) is 0 Å². The van der Waals surface area contributed by atoms with Crippen molar-refractivity contribution in [3.63, 3.8) is 0 Å². The molecule has 0 aromatic carbocycles. The number of aliphatic hydroxyl groups is 1. The predicted molar refractivity (Wildman–Crippen MR) is 33.0 cm³/mol. The summed E-state index contributed by atoms with van der Waals surface area (Å²) in [6, 6.07) is 0. The molecule has 0 radical (unpaired) electrons. The predicted octanol–water partition coefficient (Wildman–Crippen LogP) is 2.48. The van der Waals surface area contributed by atoms with Gasteiger partial charge in [0.15, 0.2) is 0 Å². The zero-order valence-electron chi connectivity index (χ0n) is 5.44. The molecule has 1 aliphatic rings. The molecule has 0 spiro atoms. The van der Waals surface area contributed by atoms with Gasteiger partial charge in [-0.05, 0) is 6.08 Å². The van der Waals surface area contributed by atoms with Gasteiger partial charge in [-0.25, -0.2) is 0 Å². The van der Waals surface area contributed by atoms with Gasteiger partial charge >= 0.3 is 6.18 Å². The lowest BCUT2D eigenvalue weighted by Gasteiger charge is -2.06. The summed E-state index contributed by atoms with van der Waals surface area (Å²) in [4.78, 5) is 0. The summed E-state index contributed by atoms with van der Waals surface area (Å²) in [7, 11) is 0. The zero-order chi connectivity index (χ0) is 8.48. The van der Waals surface area contributed by atoms with Crippen LogP contribution in [0.5, 0.6) is 0 Å². The number of halogens is 3. The lowest BCUT2D eigenvalue weighted by Crippen LogP contribution is -2.10. The van der Waals surface area contributed by atoms with Gasteiger partial charge in [0.1, 0.15) is 11.3 Å². The number of hydrogen-bond acceptors (Lipinski definition) is 1. The molecule has 0 fully saturated rings. The van der Waals surface area contributed by atoms with Gasteiger partial charge in [-0.2, -0.15) is 13.2 Å². The van der Waals surface area contributed by atoms with Crippen LogP contribution >= 0.6 is 0 Å². The summed E-state index contributed by atoms with van der Waals surface area (Å²) in [5.41, 5.74) is 0.904. The van der Waals surface area contributed by atoms with Gasteiger partial charge in [0.05, 0.1) is 0 Å². The molecule has 0 saturated carbocycles. The Morgan fingerprint density at radius 3 is 2.45 bits per heavy atom. The van der Waals surface area contributed by atoms with E-state index in [-0.39, 0.29) is 12.2 Å². The number of alkyl halides is 3. The Morgan fingerprint density at radius 2 is 2.09 bits per heavy atom. The van der Waals surface area contributed by atoms with Gasteiger partial charge in [-0.15, -0.1) is 0 Å². The third kappa shape index (κ3) is 1.88. The number of hydrogen-bond donors (Lipinski definition) is 1. The Hall–Kier alpha value is -1.15. The van der Waals surface area contributed by atoms with E-state index in [2.05, 4.69) is 0 Å². The average molecular weight is 162 g/mol. The van der Waals surface area contributed by atoms with Gasteiger partial charge < -0.3 is 5.11 Å². The molecule has 0 atom stereocenters. The minimum absolute atomic E-state index is 0.125. The van der Waals surface area contributed by atoms with Crippen LogP contribution in [0.1, 0.15) is 6.42 Å². The molecule has 0 amide bonds. The molecule has 0 aromatic rings. The van der Waals surface area contributed by atoms with Gasteiger partial charge in [0, 0.05) is 6.42 Å². The van der Waals surface area contributed by atoms with E-state index in [0.29, 0.717) is 0 Å². The van der Waals surface area contributed by atoms with Crippen molar-refractivity contribution < 1.29 is 18.3 Å². The fourth-order valence-electron chi connectivity index (χ4n) is 0.702. The van der Waals surface area contributed by atoms with E-state index in [1.54, 1.807) is 0 Å². The van der Waals surface area contributed by atoms with Crippen LogP contribution in [0.4, 0.5) is 13.2 Å². The quantitative estimate of drug-likeness (QED) is 0.542. The fraction of sp³-hybridized carbons (Fsp3) is 0.286. The average Bonchev–Trinajstić information content (AvgIpc) is 1.86. The molecule has 0 unspecified atom stereocenters. The summed E-state index contributed by atoms with van der Waals surface area (Å²) in [5.74, 6) is -0.375. The zero-order valence-corrected chi connectivity index (χ0v) is 5.44. The van der Waals surface area contributed by atoms with Crippen LogP contribution < -0.4 is 0 Å². The maximum absolute atomic E-state index is 11.8. The van der Waals surface area contributed by atoms with Crippen molar-refractivity contribution in [1.29, 1.82) is 0 Å². The van der Waals surface area contributed by atoms with Crippen molar-refractivity contribution in [2.24, 2.45) is 0 Å². The van der Waals surface area contributed by atoms with Gasteiger partial charge in [-0.1, -0.05) is 11.8 Å². The first-order valence-electron chi connectivity index (χ1n) is 2.92. The number of allylic oxidation sites excluding steroid dienone is 2. The third-order valence-corrected chi connectivity index (χ3v) is 1.18. The normalized spacial score (nSPS) is 17.7. The van der Waals surface area contributed by atoms with E-state index in [1.807, 2.05) is 5.73 Å². The fourth-order valence-corrected chi connectivity index (χ4v) is 0.702. The Kier molecular flexibility index (Phi) is 1.79. The second-order valence-corrected chi connectivity index (χ2v) is 2.09. The van der Waals surface area contributed by atoms with Gasteiger partial charge in [0.2, 0.25) is 0 Å². The van der Waals surface area contributed by atoms with E-state index in [4.69, 9.17) is 5.11 Å². The summed E-state index contributed by atoms with van der Waals surface area (Å²) >= 11 is 0. The molecule has 0 saturated heterocycles. The molecule has 0 aliphatic heterocycles. The van der Waals surface area contributed by atoms with Crippen LogP contribution in [0.25, 0.3) is 0 Å². The highest BCUT2D eigenvalue weighted by molar-refractivity contribution is 5.28. The summed E-state index contributed by atoms with van der Waals surface area (Å²) in [5, 5.41) is 8.68. The largest absolute Gasteiger partial charge is 0.504 e. The van der Waals surface area contributed by atoms with Crippen LogP contribution in [0.15, 0.2) is 29.2 Å². The summed E-state index contributed by atoms with van der Waals surface area (Å²) in [6.45, 7) is 0. The van der Waals surface area contributed by atoms with Crippen molar-refractivity contribution in [2.45, 2.75) is 12.6 Å². The molecule has 1 aliphatic carbocycles. The molecule has 1 nitrogen and oxygen atoms in total. The topological polar surface area (TPSA) is 20.2 Å². The van der Waals surface area contributed by atoms with E-state index in [0.717, 1.165) is 6.08 Å². The molecule has 0 bridgehead atoms. The molecule has 1 rings (SSSR count). The first-order valence-corrected chi connectivity index (χ1v) is 2.92. The van der Waals surface area contributed by atoms with Crippen LogP contribution in [-0.4, -0.2) is 11.3 Å². The first-order chi connectivity index (χ1) is 5.00. The lowest BCUT2D eigenvalue weighted by molar-refractivity contribution is -0.0882. The Morgan fingerprint density at radius 1 is 1.45 bits per heavy atom. The molecule has 0 aromatic heterocycles. The van der Waals surface area contributed by atoms with E-state index in [1.165, 1.54) is 6.08 Å². The molecule has 0 heterocycles. The number of aliphatic hydroxyl groups excluding tert-OH is 1. The SMILES string of the molecule is OC1=C=C(C(F)(F)F)C=CC1. The van der Waals surface area contributed by atoms with Gasteiger partial charge in [0.25, 0.3) is 0 Å². The molecule has 60 valence electrons. The standard InChI is InChI=1S/C7H5F3O/c8-7(9,10)5-2-1-3-6(11)4-5/h1-2,11H,3H2. The molecular weight excluding hydrogens is 157 g/mol. The highest BCUT2D eigenvalue weighted by Gasteiger charge is 2.32. The Labute approximate surface area is 61.1 Å². The number of rotatable bonds is 0. The maximum Gasteiger partial charge on any atom is 0.423 e. The maximum atomic E-state index is 11.8. The van der Waals surface area contributed by atoms with Crippen LogP contribution in [0.3, 0.4) is 0 Å². The van der Waals surface area contributed by atoms with Crippen LogP contribution in [-0.2, 0) is 0 Å². The molecule has 1 N–H and O–H groups in total. The minimum Gasteiger partial charge on any atom is -0.504 e. The summed E-state index contributed by atoms with van der Waals surface area (Å²) in [6.07, 6.45) is -2.14. The van der Waals surface area contributed by atoms with Crippen molar-refractivity contribution in [3.8, 4) is 0 Å². The lowest BCUT2D eigenvalue weighted by atomic mass is 10.1. The molecule has 4 heteroatoms. The smallest absolute Gasteiger partial charge is 0.423 e. The molecule has 11 heavy (non-hydrogen) atoms. The van der Waals surface area contributed by atoms with Crippen molar-refractivity contribution >= 4 is 0 Å². The van der Waals surface area contributed by atoms with E-state index >= 15 is 0 Å². The second-order valence-electron chi connectivity index (χ2n) is 2.09. The monoisotopic (exact) mass is 162 g/mol. The summed E-state index contributed by atoms with van der Waals surface area (Å²) < 4.78 is 35.5. The van der Waals surface area contributed by atoms with Crippen LogP contribution in [0.2, 0.25) is 0 Å². The second kappa shape index (κ2) is 2.47. The molecular formula is C7H5F3O.